The molecular weight excluding hydrogens is 312 g/mol. The number of hydrogen-bond donors (Lipinski definition) is 0. The third-order valence-corrected chi connectivity index (χ3v) is 10.2. The van der Waals surface area contributed by atoms with Crippen LogP contribution in [0.25, 0.3) is 10.8 Å². The van der Waals surface area contributed by atoms with Gasteiger partial charge in [0.05, 0.1) is 12.2 Å². The van der Waals surface area contributed by atoms with Crippen molar-refractivity contribution < 1.29 is 9.16 Å². The minimum Gasteiger partial charge on any atom is -0.411 e. The summed E-state index contributed by atoms with van der Waals surface area (Å²) in [6.45, 7) is 12.4. The van der Waals surface area contributed by atoms with E-state index >= 15 is 0 Å². The molecule has 1 heterocycles. The number of fused-ring (bicyclic) bond motifs is 1. The summed E-state index contributed by atoms with van der Waals surface area (Å²) in [5.41, 5.74) is 1.34. The van der Waals surface area contributed by atoms with Crippen molar-refractivity contribution >= 4 is 19.1 Å². The van der Waals surface area contributed by atoms with Crippen molar-refractivity contribution in [2.45, 2.75) is 64.0 Å². The first-order valence-corrected chi connectivity index (χ1v) is 11.9. The van der Waals surface area contributed by atoms with E-state index in [1.54, 1.807) is 0 Å². The van der Waals surface area contributed by atoms with Gasteiger partial charge in [-0.15, -0.1) is 0 Å². The van der Waals surface area contributed by atoms with Crippen molar-refractivity contribution in [2.75, 3.05) is 6.61 Å². The Hall–Kier alpha value is -1.16. The molecule has 1 aliphatic heterocycles. The Morgan fingerprint density at radius 3 is 2.50 bits per heavy atom. The molecule has 2 aromatic carbocycles. The molecule has 1 fully saturated rings. The monoisotopic (exact) mass is 342 g/mol. The first-order chi connectivity index (χ1) is 11.3. The summed E-state index contributed by atoms with van der Waals surface area (Å²) in [7, 11) is -1.75. The maximum Gasteiger partial charge on any atom is 0.192 e. The highest BCUT2D eigenvalue weighted by Crippen LogP contribution is 2.39. The summed E-state index contributed by atoms with van der Waals surface area (Å²) in [6.07, 6.45) is 2.37. The molecule has 0 N–H and O–H groups in total. The molecule has 0 amide bonds. The van der Waals surface area contributed by atoms with Gasteiger partial charge in [-0.2, -0.15) is 0 Å². The smallest absolute Gasteiger partial charge is 0.192 e. The van der Waals surface area contributed by atoms with Gasteiger partial charge in [-0.3, -0.25) is 0 Å². The summed E-state index contributed by atoms with van der Waals surface area (Å²) in [4.78, 5) is 0. The fourth-order valence-electron chi connectivity index (χ4n) is 3.11. The molecule has 3 rings (SSSR count). The number of rotatable bonds is 4. The third-order valence-electron chi connectivity index (χ3n) is 5.65. The summed E-state index contributed by atoms with van der Waals surface area (Å²) in [5, 5.41) is 2.83. The highest BCUT2D eigenvalue weighted by atomic mass is 28.4. The highest BCUT2D eigenvalue weighted by Gasteiger charge is 2.42. The molecule has 0 aromatic heterocycles. The second-order valence-corrected chi connectivity index (χ2v) is 13.3. The van der Waals surface area contributed by atoms with Crippen LogP contribution in [0.15, 0.2) is 42.5 Å². The van der Waals surface area contributed by atoms with Crippen molar-refractivity contribution in [3.63, 3.8) is 0 Å². The predicted octanol–water partition coefficient (Wildman–Crippen LogP) is 5.56. The first kappa shape index (κ1) is 17.7. The molecule has 0 spiro atoms. The lowest BCUT2D eigenvalue weighted by atomic mass is 10.0. The molecule has 2 nitrogen and oxygen atoms in total. The first-order valence-electron chi connectivity index (χ1n) is 9.03. The summed E-state index contributed by atoms with van der Waals surface area (Å²) >= 11 is 0. The number of benzene rings is 2. The second-order valence-electron chi connectivity index (χ2n) is 8.50. The summed E-state index contributed by atoms with van der Waals surface area (Å²) in [6, 6.07) is 15.3. The largest absolute Gasteiger partial charge is 0.411 e. The van der Waals surface area contributed by atoms with E-state index in [1.165, 1.54) is 16.3 Å². The van der Waals surface area contributed by atoms with Crippen LogP contribution in [0.5, 0.6) is 0 Å². The lowest BCUT2D eigenvalue weighted by molar-refractivity contribution is 0.0481. The van der Waals surface area contributed by atoms with E-state index in [-0.39, 0.29) is 17.2 Å². The normalized spacial score (nSPS) is 22.2. The van der Waals surface area contributed by atoms with Gasteiger partial charge in [0, 0.05) is 13.0 Å². The average molecular weight is 343 g/mol. The van der Waals surface area contributed by atoms with E-state index in [1.807, 2.05) is 0 Å². The molecule has 130 valence electrons. The Labute approximate surface area is 147 Å². The van der Waals surface area contributed by atoms with Gasteiger partial charge in [0.1, 0.15) is 0 Å². The van der Waals surface area contributed by atoms with Crippen LogP contribution in [0, 0.1) is 0 Å². The Bertz CT molecular complexity index is 702. The maximum absolute atomic E-state index is 6.65. The molecule has 0 bridgehead atoms. The summed E-state index contributed by atoms with van der Waals surface area (Å²) in [5.74, 6) is 0. The predicted molar refractivity (Wildman–Crippen MR) is 104 cm³/mol. The van der Waals surface area contributed by atoms with Gasteiger partial charge >= 0.3 is 0 Å². The van der Waals surface area contributed by atoms with Crippen LogP contribution in [0.1, 0.15) is 32.8 Å². The Balaban J connectivity index is 1.73. The van der Waals surface area contributed by atoms with Gasteiger partial charge in [-0.1, -0.05) is 63.2 Å². The van der Waals surface area contributed by atoms with Crippen molar-refractivity contribution in [2.24, 2.45) is 0 Å². The molecular formula is C21H30O2Si. The molecule has 2 atom stereocenters. The zero-order valence-corrected chi connectivity index (χ0v) is 16.6. The van der Waals surface area contributed by atoms with E-state index in [9.17, 15) is 0 Å². The fraction of sp³-hybridized carbons (Fsp3) is 0.524. The van der Waals surface area contributed by atoms with Crippen LogP contribution in [0.4, 0.5) is 0 Å². The van der Waals surface area contributed by atoms with Gasteiger partial charge in [0.15, 0.2) is 8.32 Å². The Morgan fingerprint density at radius 2 is 1.79 bits per heavy atom. The Kier molecular flexibility index (Phi) is 4.87. The van der Waals surface area contributed by atoms with Crippen LogP contribution in [-0.4, -0.2) is 27.1 Å². The SMILES string of the molecule is CC(C)(C)[Si](C)(C)O[C@@H]1CCO[C@H]1Cc1ccc2ccccc2c1. The van der Waals surface area contributed by atoms with E-state index in [0.29, 0.717) is 0 Å². The standard InChI is InChI=1S/C21H30O2Si/c1-21(2,3)24(4,5)23-19-12-13-22-20(19)15-16-10-11-17-8-6-7-9-18(17)14-16/h6-11,14,19-20H,12-13,15H2,1-5H3/t19-,20+/m1/s1. The van der Waals surface area contributed by atoms with Gasteiger partial charge in [-0.25, -0.2) is 0 Å². The molecule has 3 heteroatoms. The minimum atomic E-state index is -1.75. The second kappa shape index (κ2) is 6.62. The van der Waals surface area contributed by atoms with Crippen molar-refractivity contribution in [1.82, 2.24) is 0 Å². The van der Waals surface area contributed by atoms with Gasteiger partial charge in [-0.05, 0) is 40.9 Å². The fourth-order valence-corrected chi connectivity index (χ4v) is 4.49. The maximum atomic E-state index is 6.65. The average Bonchev–Trinajstić information content (AvgIpc) is 2.92. The zero-order chi connectivity index (χ0) is 17.4. The topological polar surface area (TPSA) is 18.5 Å². The van der Waals surface area contributed by atoms with Crippen LogP contribution < -0.4 is 0 Å². The molecule has 0 saturated carbocycles. The molecule has 2 aromatic rings. The van der Waals surface area contributed by atoms with Crippen LogP contribution >= 0.6 is 0 Å². The lowest BCUT2D eigenvalue weighted by Gasteiger charge is -2.39. The molecule has 0 unspecified atom stereocenters. The van der Waals surface area contributed by atoms with Gasteiger partial charge in [0.2, 0.25) is 0 Å². The zero-order valence-electron chi connectivity index (χ0n) is 15.6. The van der Waals surface area contributed by atoms with Crippen LogP contribution in [0.3, 0.4) is 0 Å². The van der Waals surface area contributed by atoms with E-state index < -0.39 is 8.32 Å². The van der Waals surface area contributed by atoms with E-state index in [0.717, 1.165) is 19.4 Å². The van der Waals surface area contributed by atoms with Crippen molar-refractivity contribution in [1.29, 1.82) is 0 Å². The molecule has 0 aliphatic carbocycles. The van der Waals surface area contributed by atoms with E-state index in [4.69, 9.17) is 9.16 Å². The molecule has 24 heavy (non-hydrogen) atoms. The summed E-state index contributed by atoms with van der Waals surface area (Å²) < 4.78 is 12.7. The Morgan fingerprint density at radius 1 is 1.08 bits per heavy atom. The molecule has 1 aliphatic rings. The number of ether oxygens (including phenoxy) is 1. The molecule has 1 saturated heterocycles. The van der Waals surface area contributed by atoms with Crippen molar-refractivity contribution in [3.05, 3.63) is 48.0 Å². The third kappa shape index (κ3) is 3.74. The van der Waals surface area contributed by atoms with Crippen molar-refractivity contribution in [3.8, 4) is 0 Å². The molecule has 0 radical (unpaired) electrons. The lowest BCUT2D eigenvalue weighted by Crippen LogP contribution is -2.46. The highest BCUT2D eigenvalue weighted by molar-refractivity contribution is 6.74. The van der Waals surface area contributed by atoms with Crippen LogP contribution in [0.2, 0.25) is 18.1 Å². The quantitative estimate of drug-likeness (QED) is 0.677. The van der Waals surface area contributed by atoms with Gasteiger partial charge < -0.3 is 9.16 Å². The van der Waals surface area contributed by atoms with E-state index in [2.05, 4.69) is 76.3 Å². The number of hydrogen-bond acceptors (Lipinski definition) is 2. The van der Waals surface area contributed by atoms with Crippen LogP contribution in [-0.2, 0) is 15.6 Å². The van der Waals surface area contributed by atoms with Gasteiger partial charge in [0.25, 0.3) is 0 Å². The minimum absolute atomic E-state index is 0.181.